The molecule has 0 aliphatic heterocycles. The van der Waals surface area contributed by atoms with Crippen LogP contribution in [-0.2, 0) is 6.54 Å². The van der Waals surface area contributed by atoms with E-state index in [4.69, 9.17) is 23.8 Å². The maximum atomic E-state index is 13.0. The minimum absolute atomic E-state index is 0.242. The monoisotopic (exact) mass is 400 g/mol. The molecule has 0 aliphatic carbocycles. The third-order valence-electron chi connectivity index (χ3n) is 3.92. The number of aryl methyl sites for hydroxylation is 1. The summed E-state index contributed by atoms with van der Waals surface area (Å²) in [6.07, 6.45) is 3.62. The number of rotatable bonds is 5. The van der Waals surface area contributed by atoms with E-state index < -0.39 is 0 Å². The number of aromatic nitrogens is 1. The molecule has 0 bridgehead atoms. The molecule has 0 spiro atoms. The van der Waals surface area contributed by atoms with E-state index in [1.54, 1.807) is 18.3 Å². The maximum Gasteiger partial charge on any atom is 0.191 e. The summed E-state index contributed by atoms with van der Waals surface area (Å²) < 4.78 is 15.0. The van der Waals surface area contributed by atoms with Gasteiger partial charge in [0, 0.05) is 23.5 Å². The van der Waals surface area contributed by atoms with E-state index in [-0.39, 0.29) is 5.82 Å². The lowest BCUT2D eigenvalue weighted by Crippen LogP contribution is -2.24. The maximum absolute atomic E-state index is 13.0. The van der Waals surface area contributed by atoms with E-state index in [9.17, 15) is 4.39 Å². The van der Waals surface area contributed by atoms with Crippen LogP contribution >= 0.6 is 23.8 Å². The molecular weight excluding hydrogens is 383 g/mol. The number of benzene rings is 2. The summed E-state index contributed by atoms with van der Waals surface area (Å²) in [6.45, 7) is 2.56. The Balaban J connectivity index is 1.58. The second-order valence-electron chi connectivity index (χ2n) is 5.98. The Hall–Kier alpha value is -2.70. The summed E-state index contributed by atoms with van der Waals surface area (Å²) in [7, 11) is 0. The molecule has 3 aromatic rings. The molecule has 0 radical (unpaired) electrons. The second-order valence-corrected chi connectivity index (χ2v) is 6.79. The molecule has 4 nitrogen and oxygen atoms in total. The average molecular weight is 401 g/mol. The summed E-state index contributed by atoms with van der Waals surface area (Å²) >= 11 is 11.3. The largest absolute Gasteiger partial charge is 0.342 e. The van der Waals surface area contributed by atoms with E-state index in [2.05, 4.69) is 15.8 Å². The Morgan fingerprint density at radius 2 is 2.00 bits per heavy atom. The summed E-state index contributed by atoms with van der Waals surface area (Å²) in [4.78, 5) is 0. The molecule has 0 fully saturated rings. The topological polar surface area (TPSA) is 41.4 Å². The highest BCUT2D eigenvalue weighted by atomic mass is 35.5. The summed E-state index contributed by atoms with van der Waals surface area (Å²) in [5, 5.41) is 8.24. The van der Waals surface area contributed by atoms with Crippen LogP contribution in [0.25, 0.3) is 0 Å². The highest BCUT2D eigenvalue weighted by molar-refractivity contribution is 7.80. The molecule has 0 aliphatic rings. The van der Waals surface area contributed by atoms with Crippen molar-refractivity contribution in [3.63, 3.8) is 0 Å². The number of anilines is 1. The van der Waals surface area contributed by atoms with Crippen molar-refractivity contribution >= 4 is 40.8 Å². The molecule has 7 heteroatoms. The van der Waals surface area contributed by atoms with Gasteiger partial charge in [0.1, 0.15) is 5.82 Å². The van der Waals surface area contributed by atoms with Gasteiger partial charge < -0.3 is 9.88 Å². The van der Waals surface area contributed by atoms with Crippen molar-refractivity contribution in [3.05, 3.63) is 88.5 Å². The van der Waals surface area contributed by atoms with E-state index in [1.807, 2.05) is 48.0 Å². The smallest absolute Gasteiger partial charge is 0.191 e. The Morgan fingerprint density at radius 3 is 2.74 bits per heavy atom. The lowest BCUT2D eigenvalue weighted by molar-refractivity contribution is 0.626. The minimum atomic E-state index is -0.242. The number of nitrogens with one attached hydrogen (secondary N) is 2. The standard InChI is InChI=1S/C20H18ClFN4S/c1-14-4-9-17(11-19(14)21)24-20(27)25-23-12-18-3-2-10-26(18)13-15-5-7-16(22)8-6-15/h2-12H,13H2,1H3,(H2,24,25,27)/b23-12+. The van der Waals surface area contributed by atoms with Gasteiger partial charge in [-0.1, -0.05) is 29.8 Å². The normalized spacial score (nSPS) is 10.9. The Bertz CT molecular complexity index is 966. The predicted molar refractivity (Wildman–Crippen MR) is 113 cm³/mol. The average Bonchev–Trinajstić information content (AvgIpc) is 3.07. The van der Waals surface area contributed by atoms with Crippen LogP contribution in [0.15, 0.2) is 65.9 Å². The van der Waals surface area contributed by atoms with Crippen molar-refractivity contribution in [3.8, 4) is 0 Å². The first-order valence-corrected chi connectivity index (χ1v) is 9.06. The van der Waals surface area contributed by atoms with Gasteiger partial charge in [0.05, 0.1) is 11.9 Å². The molecule has 2 aromatic carbocycles. The van der Waals surface area contributed by atoms with E-state index >= 15 is 0 Å². The zero-order chi connectivity index (χ0) is 19.2. The van der Waals surface area contributed by atoms with Crippen LogP contribution in [0.4, 0.5) is 10.1 Å². The molecule has 2 N–H and O–H groups in total. The lowest BCUT2D eigenvalue weighted by atomic mass is 10.2. The minimum Gasteiger partial charge on any atom is -0.342 e. The van der Waals surface area contributed by atoms with Crippen LogP contribution in [0.5, 0.6) is 0 Å². The third kappa shape index (κ3) is 5.39. The second kappa shape index (κ2) is 8.79. The summed E-state index contributed by atoms with van der Waals surface area (Å²) in [5.74, 6) is -0.242. The van der Waals surface area contributed by atoms with Gasteiger partial charge >= 0.3 is 0 Å². The van der Waals surface area contributed by atoms with E-state index in [1.165, 1.54) is 12.1 Å². The number of halogens is 2. The van der Waals surface area contributed by atoms with Gasteiger partial charge in [-0.3, -0.25) is 5.43 Å². The molecule has 3 rings (SSSR count). The molecular formula is C20H18ClFN4S. The van der Waals surface area contributed by atoms with Crippen molar-refractivity contribution in [2.75, 3.05) is 5.32 Å². The Kier molecular flexibility index (Phi) is 6.21. The van der Waals surface area contributed by atoms with Crippen molar-refractivity contribution < 1.29 is 4.39 Å². The molecule has 0 amide bonds. The van der Waals surface area contributed by atoms with Crippen molar-refractivity contribution in [2.45, 2.75) is 13.5 Å². The number of thiocarbonyl (C=S) groups is 1. The van der Waals surface area contributed by atoms with Crippen LogP contribution in [0.1, 0.15) is 16.8 Å². The molecule has 0 unspecified atom stereocenters. The van der Waals surface area contributed by atoms with Crippen LogP contribution in [-0.4, -0.2) is 15.9 Å². The van der Waals surface area contributed by atoms with Crippen LogP contribution in [0.3, 0.4) is 0 Å². The molecule has 1 heterocycles. The fourth-order valence-electron chi connectivity index (χ4n) is 2.46. The first kappa shape index (κ1) is 19.1. The van der Waals surface area contributed by atoms with Crippen molar-refractivity contribution in [1.82, 2.24) is 9.99 Å². The van der Waals surface area contributed by atoms with E-state index in [0.717, 1.165) is 22.5 Å². The van der Waals surface area contributed by atoms with Crippen LogP contribution in [0.2, 0.25) is 5.02 Å². The van der Waals surface area contributed by atoms with Gasteiger partial charge in [-0.05, 0) is 66.7 Å². The fraction of sp³-hybridized carbons (Fsp3) is 0.100. The van der Waals surface area contributed by atoms with Gasteiger partial charge in [0.2, 0.25) is 0 Å². The van der Waals surface area contributed by atoms with Gasteiger partial charge in [-0.2, -0.15) is 5.10 Å². The Morgan fingerprint density at radius 1 is 1.22 bits per heavy atom. The quantitative estimate of drug-likeness (QED) is 0.361. The summed E-state index contributed by atoms with van der Waals surface area (Å²) in [5.41, 5.74) is 6.48. The molecule has 0 saturated carbocycles. The molecule has 27 heavy (non-hydrogen) atoms. The predicted octanol–water partition coefficient (Wildman–Crippen LogP) is 4.96. The summed E-state index contributed by atoms with van der Waals surface area (Å²) in [6, 6.07) is 15.9. The number of nitrogens with zero attached hydrogens (tertiary/aromatic N) is 2. The lowest BCUT2D eigenvalue weighted by Gasteiger charge is -2.09. The van der Waals surface area contributed by atoms with Crippen LogP contribution in [0, 0.1) is 12.7 Å². The number of hydrogen-bond acceptors (Lipinski definition) is 2. The van der Waals surface area contributed by atoms with Crippen molar-refractivity contribution in [2.24, 2.45) is 5.10 Å². The zero-order valence-corrected chi connectivity index (χ0v) is 16.2. The SMILES string of the molecule is Cc1ccc(NC(=S)N/N=C/c2cccn2Cc2ccc(F)cc2)cc1Cl. The fourth-order valence-corrected chi connectivity index (χ4v) is 2.81. The first-order chi connectivity index (χ1) is 13.0. The zero-order valence-electron chi connectivity index (χ0n) is 14.6. The van der Waals surface area contributed by atoms with Gasteiger partial charge in [-0.15, -0.1) is 0 Å². The molecule has 1 aromatic heterocycles. The molecule has 138 valence electrons. The molecule has 0 saturated heterocycles. The van der Waals surface area contributed by atoms with Gasteiger partial charge in [-0.25, -0.2) is 4.39 Å². The first-order valence-electron chi connectivity index (χ1n) is 8.27. The Labute approximate surface area is 167 Å². The number of hydrazone groups is 1. The molecule has 0 atom stereocenters. The highest BCUT2D eigenvalue weighted by Crippen LogP contribution is 2.19. The van der Waals surface area contributed by atoms with Crippen LogP contribution < -0.4 is 10.7 Å². The number of hydrogen-bond donors (Lipinski definition) is 2. The third-order valence-corrected chi connectivity index (χ3v) is 4.52. The van der Waals surface area contributed by atoms with Crippen molar-refractivity contribution in [1.29, 1.82) is 0 Å². The van der Waals surface area contributed by atoms with Gasteiger partial charge in [0.15, 0.2) is 5.11 Å². The highest BCUT2D eigenvalue weighted by Gasteiger charge is 2.02. The van der Waals surface area contributed by atoms with E-state index in [0.29, 0.717) is 16.7 Å². The van der Waals surface area contributed by atoms with Gasteiger partial charge in [0.25, 0.3) is 0 Å².